The summed E-state index contributed by atoms with van der Waals surface area (Å²) in [4.78, 5) is 15.0. The van der Waals surface area contributed by atoms with Crippen molar-refractivity contribution < 1.29 is 10.0 Å². The van der Waals surface area contributed by atoms with Crippen LogP contribution in [0.25, 0.3) is 10.6 Å². The van der Waals surface area contributed by atoms with Crippen molar-refractivity contribution in [1.82, 2.24) is 10.3 Å². The molecule has 0 saturated carbocycles. The third-order valence-electron chi connectivity index (χ3n) is 3.40. The molecule has 7 heteroatoms. The van der Waals surface area contributed by atoms with Gasteiger partial charge in [0.15, 0.2) is 0 Å². The molecule has 0 spiro atoms. The van der Waals surface area contributed by atoms with E-state index in [4.69, 9.17) is 0 Å². The molecule has 2 rings (SSSR count). The number of benzene rings is 1. The molecule has 6 nitrogen and oxygen atoms in total. The van der Waals surface area contributed by atoms with Gasteiger partial charge < -0.3 is 10.4 Å². The molecular weight excluding hydrogens is 314 g/mol. The van der Waals surface area contributed by atoms with Crippen molar-refractivity contribution in [3.63, 3.8) is 0 Å². The number of aliphatic hydroxyl groups is 1. The maximum atomic E-state index is 10.8. The Morgan fingerprint density at radius 1 is 1.43 bits per heavy atom. The predicted molar refractivity (Wildman–Crippen MR) is 91.4 cm³/mol. The van der Waals surface area contributed by atoms with Crippen LogP contribution in [0.15, 0.2) is 29.6 Å². The first-order valence-corrected chi connectivity index (χ1v) is 8.41. The highest BCUT2D eigenvalue weighted by molar-refractivity contribution is 7.13. The zero-order chi connectivity index (χ0) is 16.8. The Kier molecular flexibility index (Phi) is 6.20. The average Bonchev–Trinajstić information content (AvgIpc) is 2.95. The number of nitro benzene ring substituents is 1. The molecule has 0 saturated heterocycles. The van der Waals surface area contributed by atoms with Crippen LogP contribution in [0.4, 0.5) is 5.69 Å². The molecule has 124 valence electrons. The molecule has 0 fully saturated rings. The molecule has 1 heterocycles. The lowest BCUT2D eigenvalue weighted by Gasteiger charge is -2.13. The third-order valence-corrected chi connectivity index (χ3v) is 4.34. The van der Waals surface area contributed by atoms with Gasteiger partial charge in [0.25, 0.3) is 5.69 Å². The lowest BCUT2D eigenvalue weighted by molar-refractivity contribution is -0.384. The summed E-state index contributed by atoms with van der Waals surface area (Å²) in [6.07, 6.45) is 0.481. The second kappa shape index (κ2) is 8.14. The zero-order valence-electron chi connectivity index (χ0n) is 13.2. The van der Waals surface area contributed by atoms with Crippen molar-refractivity contribution in [2.24, 2.45) is 5.92 Å². The fourth-order valence-electron chi connectivity index (χ4n) is 2.39. The molecule has 2 unspecified atom stereocenters. The fraction of sp³-hybridized carbons (Fsp3) is 0.438. The molecule has 23 heavy (non-hydrogen) atoms. The van der Waals surface area contributed by atoms with Crippen LogP contribution < -0.4 is 5.32 Å². The Balaban J connectivity index is 1.93. The summed E-state index contributed by atoms with van der Waals surface area (Å²) >= 11 is 1.48. The van der Waals surface area contributed by atoms with Gasteiger partial charge in [-0.05, 0) is 25.8 Å². The molecule has 0 aliphatic rings. The number of nitrogens with zero attached hydrogens (tertiary/aromatic N) is 2. The maximum Gasteiger partial charge on any atom is 0.270 e. The summed E-state index contributed by atoms with van der Waals surface area (Å²) < 4.78 is 0. The number of nitro groups is 1. The standard InChI is InChI=1S/C16H21N3O3S/c1-11(6-12(2)20)8-17-9-14-10-23-16(18-14)13-4-3-5-15(7-13)19(21)22/h3-5,7,10-12,17,20H,6,8-9H2,1-2H3. The van der Waals surface area contributed by atoms with E-state index in [-0.39, 0.29) is 11.8 Å². The Hall–Kier alpha value is -1.83. The molecule has 0 amide bonds. The monoisotopic (exact) mass is 335 g/mol. The summed E-state index contributed by atoms with van der Waals surface area (Å²) in [6, 6.07) is 6.52. The highest BCUT2D eigenvalue weighted by Crippen LogP contribution is 2.26. The van der Waals surface area contributed by atoms with E-state index in [2.05, 4.69) is 17.2 Å². The van der Waals surface area contributed by atoms with Gasteiger partial charge in [-0.3, -0.25) is 10.1 Å². The van der Waals surface area contributed by atoms with Crippen molar-refractivity contribution in [1.29, 1.82) is 0 Å². The maximum absolute atomic E-state index is 10.8. The van der Waals surface area contributed by atoms with E-state index in [0.29, 0.717) is 12.5 Å². The topological polar surface area (TPSA) is 88.3 Å². The lowest BCUT2D eigenvalue weighted by Crippen LogP contribution is -2.23. The second-order valence-corrected chi connectivity index (χ2v) is 6.63. The first kappa shape index (κ1) is 17.5. The predicted octanol–water partition coefficient (Wildman–Crippen LogP) is 3.21. The number of thiazole rings is 1. The summed E-state index contributed by atoms with van der Waals surface area (Å²) in [5, 5.41) is 26.2. The molecular formula is C16H21N3O3S. The number of non-ortho nitro benzene ring substituents is 1. The van der Waals surface area contributed by atoms with Gasteiger partial charge in [0.1, 0.15) is 5.01 Å². The fourth-order valence-corrected chi connectivity index (χ4v) is 3.20. The minimum Gasteiger partial charge on any atom is -0.393 e. The highest BCUT2D eigenvalue weighted by Gasteiger charge is 2.11. The van der Waals surface area contributed by atoms with E-state index in [1.54, 1.807) is 19.1 Å². The van der Waals surface area contributed by atoms with Crippen molar-refractivity contribution in [2.45, 2.75) is 32.9 Å². The minimum atomic E-state index is -0.400. The molecule has 2 atom stereocenters. The first-order valence-electron chi connectivity index (χ1n) is 7.53. The number of aromatic nitrogens is 1. The molecule has 0 radical (unpaired) electrons. The van der Waals surface area contributed by atoms with E-state index in [9.17, 15) is 15.2 Å². The Bertz CT molecular complexity index is 658. The molecule has 1 aromatic carbocycles. The van der Waals surface area contributed by atoms with Gasteiger partial charge in [0, 0.05) is 29.6 Å². The van der Waals surface area contributed by atoms with Crippen LogP contribution in [0.2, 0.25) is 0 Å². The lowest BCUT2D eigenvalue weighted by atomic mass is 10.1. The molecule has 2 aromatic rings. The number of hydrogen-bond acceptors (Lipinski definition) is 6. The normalized spacial score (nSPS) is 13.7. The van der Waals surface area contributed by atoms with Crippen molar-refractivity contribution in [3.8, 4) is 10.6 Å². The van der Waals surface area contributed by atoms with Gasteiger partial charge in [-0.1, -0.05) is 19.1 Å². The minimum absolute atomic E-state index is 0.0734. The largest absolute Gasteiger partial charge is 0.393 e. The summed E-state index contributed by atoms with van der Waals surface area (Å²) in [7, 11) is 0. The smallest absolute Gasteiger partial charge is 0.270 e. The number of nitrogens with one attached hydrogen (secondary N) is 1. The SMILES string of the molecule is CC(O)CC(C)CNCc1csc(-c2cccc([N+](=O)[O-])c2)n1. The van der Waals surface area contributed by atoms with Gasteiger partial charge in [0.2, 0.25) is 0 Å². The summed E-state index contributed by atoms with van der Waals surface area (Å²) in [6.45, 7) is 5.35. The second-order valence-electron chi connectivity index (χ2n) is 5.77. The van der Waals surface area contributed by atoms with Gasteiger partial charge in [0.05, 0.1) is 16.7 Å². The number of hydrogen-bond donors (Lipinski definition) is 2. The Labute approximate surface area is 139 Å². The van der Waals surface area contributed by atoms with Gasteiger partial charge in [-0.15, -0.1) is 11.3 Å². The highest BCUT2D eigenvalue weighted by atomic mass is 32.1. The molecule has 0 bridgehead atoms. The van der Waals surface area contributed by atoms with Crippen molar-refractivity contribution >= 4 is 17.0 Å². The van der Waals surface area contributed by atoms with Crippen LogP contribution >= 0.6 is 11.3 Å². The summed E-state index contributed by atoms with van der Waals surface area (Å²) in [5.74, 6) is 0.393. The van der Waals surface area contributed by atoms with Crippen LogP contribution in [-0.4, -0.2) is 27.7 Å². The molecule has 0 aliphatic heterocycles. The average molecular weight is 335 g/mol. The van der Waals surface area contributed by atoms with E-state index in [0.717, 1.165) is 29.2 Å². The van der Waals surface area contributed by atoms with Crippen molar-refractivity contribution in [3.05, 3.63) is 45.5 Å². The van der Waals surface area contributed by atoms with E-state index >= 15 is 0 Å². The van der Waals surface area contributed by atoms with Gasteiger partial charge >= 0.3 is 0 Å². The summed E-state index contributed by atoms with van der Waals surface area (Å²) in [5.41, 5.74) is 1.75. The first-order chi connectivity index (χ1) is 11.0. The van der Waals surface area contributed by atoms with Crippen LogP contribution in [0.5, 0.6) is 0 Å². The van der Waals surface area contributed by atoms with Crippen LogP contribution in [0.1, 0.15) is 26.0 Å². The zero-order valence-corrected chi connectivity index (χ0v) is 14.0. The van der Waals surface area contributed by atoms with E-state index in [1.807, 2.05) is 11.4 Å². The molecule has 1 aromatic heterocycles. The number of rotatable bonds is 8. The van der Waals surface area contributed by atoms with E-state index < -0.39 is 4.92 Å². The molecule has 0 aliphatic carbocycles. The quantitative estimate of drug-likeness (QED) is 0.571. The van der Waals surface area contributed by atoms with Crippen LogP contribution in [-0.2, 0) is 6.54 Å². The third kappa shape index (κ3) is 5.38. The van der Waals surface area contributed by atoms with E-state index in [1.165, 1.54) is 17.4 Å². The Morgan fingerprint density at radius 3 is 2.91 bits per heavy atom. The van der Waals surface area contributed by atoms with Crippen LogP contribution in [0.3, 0.4) is 0 Å². The van der Waals surface area contributed by atoms with Gasteiger partial charge in [-0.2, -0.15) is 0 Å². The van der Waals surface area contributed by atoms with Crippen molar-refractivity contribution in [2.75, 3.05) is 6.54 Å². The Morgan fingerprint density at radius 2 is 2.22 bits per heavy atom. The number of aliphatic hydroxyl groups excluding tert-OH is 1. The van der Waals surface area contributed by atoms with Gasteiger partial charge in [-0.25, -0.2) is 4.98 Å². The molecule has 2 N–H and O–H groups in total. The van der Waals surface area contributed by atoms with Crippen LogP contribution in [0, 0.1) is 16.0 Å².